The molecule has 0 saturated heterocycles. The van der Waals surface area contributed by atoms with Gasteiger partial charge in [0.2, 0.25) is 0 Å². The van der Waals surface area contributed by atoms with E-state index in [1.54, 1.807) is 0 Å². The minimum atomic E-state index is -0.900. The summed E-state index contributed by atoms with van der Waals surface area (Å²) in [5.41, 5.74) is 1.05. The average Bonchev–Trinajstić information content (AvgIpc) is 2.36. The summed E-state index contributed by atoms with van der Waals surface area (Å²) in [6.45, 7) is 12.2. The minimum absolute atomic E-state index is 0. The molecule has 3 heteroatoms. The summed E-state index contributed by atoms with van der Waals surface area (Å²) in [6, 6.07) is 0. The van der Waals surface area contributed by atoms with Crippen LogP contribution in [0.4, 0.5) is 0 Å². The molecule has 0 bridgehead atoms. The molecule has 1 N–H and O–H groups in total. The Kier molecular flexibility index (Phi) is 8.27. The Bertz CT molecular complexity index is 447. The van der Waals surface area contributed by atoms with E-state index in [1.807, 2.05) is 13.8 Å². The molecule has 0 aromatic carbocycles. The van der Waals surface area contributed by atoms with Gasteiger partial charge in [0, 0.05) is 0 Å². The first kappa shape index (κ1) is 22.1. The van der Waals surface area contributed by atoms with E-state index in [4.69, 9.17) is 0 Å². The monoisotopic (exact) mass is 344 g/mol. The van der Waals surface area contributed by atoms with E-state index in [0.29, 0.717) is 12.3 Å². The van der Waals surface area contributed by atoms with Gasteiger partial charge in [-0.1, -0.05) is 37.1 Å². The zero-order valence-electron chi connectivity index (χ0n) is 15.8. The summed E-state index contributed by atoms with van der Waals surface area (Å²) >= 11 is 0. The molecule has 0 amide bonds. The van der Waals surface area contributed by atoms with Crippen LogP contribution in [0, 0.1) is 17.8 Å². The van der Waals surface area contributed by atoms with Crippen molar-refractivity contribution in [3.05, 3.63) is 23.8 Å². The Morgan fingerprint density at radius 3 is 2.70 bits per heavy atom. The Balaban J connectivity index is 0.00000264. The van der Waals surface area contributed by atoms with Crippen molar-refractivity contribution in [2.24, 2.45) is 17.8 Å². The normalized spacial score (nSPS) is 36.4. The SMILES string of the molecule is C=C1CCC2C(C1)C(C(C)([O-])CCC=C(C)C)CCC2(C)O.[K+]. The zero-order chi connectivity index (χ0) is 16.5. The largest absolute Gasteiger partial charge is 1.00 e. The van der Waals surface area contributed by atoms with Crippen LogP contribution in [0.3, 0.4) is 0 Å². The third kappa shape index (κ3) is 5.50. The molecule has 2 aliphatic carbocycles. The van der Waals surface area contributed by atoms with E-state index in [0.717, 1.165) is 38.5 Å². The molecular weight excluding hydrogens is 311 g/mol. The maximum absolute atomic E-state index is 13.3. The molecule has 0 aromatic heterocycles. The number of rotatable bonds is 4. The van der Waals surface area contributed by atoms with Crippen LogP contribution in [0.1, 0.15) is 72.6 Å². The fraction of sp³-hybridized carbons (Fsp3) is 0.800. The number of hydrogen-bond acceptors (Lipinski definition) is 2. The number of fused-ring (bicyclic) bond motifs is 1. The van der Waals surface area contributed by atoms with Gasteiger partial charge in [0.1, 0.15) is 0 Å². The van der Waals surface area contributed by atoms with Crippen molar-refractivity contribution >= 4 is 0 Å². The quantitative estimate of drug-likeness (QED) is 0.610. The second-order valence-electron chi connectivity index (χ2n) is 8.40. The Morgan fingerprint density at radius 1 is 1.43 bits per heavy atom. The van der Waals surface area contributed by atoms with E-state index >= 15 is 0 Å². The fourth-order valence-electron chi connectivity index (χ4n) is 4.78. The molecule has 2 aliphatic rings. The van der Waals surface area contributed by atoms with Gasteiger partial charge in [-0.3, -0.25) is 0 Å². The molecule has 5 atom stereocenters. The van der Waals surface area contributed by atoms with Gasteiger partial charge < -0.3 is 10.2 Å². The molecular formula is C20H33KO2. The van der Waals surface area contributed by atoms with Crippen LogP contribution < -0.4 is 56.5 Å². The third-order valence-electron chi connectivity index (χ3n) is 6.10. The van der Waals surface area contributed by atoms with Crippen LogP contribution >= 0.6 is 0 Å². The van der Waals surface area contributed by atoms with Gasteiger partial charge in [0.25, 0.3) is 0 Å². The van der Waals surface area contributed by atoms with Crippen LogP contribution in [0.2, 0.25) is 0 Å². The van der Waals surface area contributed by atoms with E-state index in [2.05, 4.69) is 26.5 Å². The number of aliphatic hydroxyl groups is 1. The summed E-state index contributed by atoms with van der Waals surface area (Å²) in [6.07, 6.45) is 8.31. The molecule has 23 heavy (non-hydrogen) atoms. The van der Waals surface area contributed by atoms with E-state index in [1.165, 1.54) is 11.1 Å². The van der Waals surface area contributed by atoms with Crippen molar-refractivity contribution in [3.63, 3.8) is 0 Å². The summed E-state index contributed by atoms with van der Waals surface area (Å²) < 4.78 is 0. The van der Waals surface area contributed by atoms with Crippen molar-refractivity contribution in [2.45, 2.75) is 83.8 Å². The molecule has 0 aromatic rings. The minimum Gasteiger partial charge on any atom is -0.849 e. The van der Waals surface area contributed by atoms with Crippen LogP contribution in [0.5, 0.6) is 0 Å². The third-order valence-corrected chi connectivity index (χ3v) is 6.10. The first-order chi connectivity index (χ1) is 10.1. The summed E-state index contributed by atoms with van der Waals surface area (Å²) in [5, 5.41) is 24.0. The van der Waals surface area contributed by atoms with Gasteiger partial charge in [-0.2, -0.15) is 0 Å². The molecule has 2 rings (SSSR count). The molecule has 5 unspecified atom stereocenters. The molecule has 2 fully saturated rings. The molecule has 0 radical (unpaired) electrons. The van der Waals surface area contributed by atoms with Crippen molar-refractivity contribution in [1.29, 1.82) is 0 Å². The Morgan fingerprint density at radius 2 is 2.09 bits per heavy atom. The number of allylic oxidation sites excluding steroid dienone is 3. The molecule has 0 spiro atoms. The first-order valence-electron chi connectivity index (χ1n) is 8.86. The molecule has 0 aliphatic heterocycles. The average molecular weight is 345 g/mol. The fourth-order valence-corrected chi connectivity index (χ4v) is 4.78. The van der Waals surface area contributed by atoms with E-state index < -0.39 is 11.2 Å². The summed E-state index contributed by atoms with van der Waals surface area (Å²) in [7, 11) is 0. The van der Waals surface area contributed by atoms with Crippen LogP contribution in [-0.4, -0.2) is 16.3 Å². The number of hydrogen-bond donors (Lipinski definition) is 1. The van der Waals surface area contributed by atoms with Crippen molar-refractivity contribution in [2.75, 3.05) is 0 Å². The van der Waals surface area contributed by atoms with Gasteiger partial charge in [-0.05, 0) is 77.0 Å². The summed E-state index contributed by atoms with van der Waals surface area (Å²) in [5.74, 6) is 0.757. The molecule has 0 heterocycles. The molecule has 126 valence electrons. The Labute approximate surface area is 185 Å². The first-order valence-corrected chi connectivity index (χ1v) is 8.86. The van der Waals surface area contributed by atoms with E-state index in [-0.39, 0.29) is 63.2 Å². The Hall–Kier alpha value is 1.04. The second-order valence-corrected chi connectivity index (χ2v) is 8.40. The maximum Gasteiger partial charge on any atom is 1.00 e. The smallest absolute Gasteiger partial charge is 0.849 e. The van der Waals surface area contributed by atoms with Gasteiger partial charge >= 0.3 is 51.4 Å². The standard InChI is InChI=1S/C20H33O2.K/c1-14(2)7-6-11-19(4,21)18-10-12-20(5,22)17-9-8-15(3)13-16(17)18;/h7,16-18,22H,3,6,8-13H2,1-2,4-5H3;/q-1;+1. The maximum atomic E-state index is 13.3. The van der Waals surface area contributed by atoms with Crippen LogP contribution in [-0.2, 0) is 0 Å². The van der Waals surface area contributed by atoms with Gasteiger partial charge in [0.05, 0.1) is 5.60 Å². The molecule has 2 nitrogen and oxygen atoms in total. The second kappa shape index (κ2) is 8.61. The van der Waals surface area contributed by atoms with Gasteiger partial charge in [-0.25, -0.2) is 0 Å². The van der Waals surface area contributed by atoms with E-state index in [9.17, 15) is 10.2 Å². The van der Waals surface area contributed by atoms with Gasteiger partial charge in [0.15, 0.2) is 0 Å². The predicted molar refractivity (Wildman–Crippen MR) is 90.4 cm³/mol. The predicted octanol–water partition coefficient (Wildman–Crippen LogP) is 0.989. The van der Waals surface area contributed by atoms with Crippen molar-refractivity contribution in [1.82, 2.24) is 0 Å². The molecule has 2 saturated carbocycles. The van der Waals surface area contributed by atoms with Crippen molar-refractivity contribution in [3.8, 4) is 0 Å². The van der Waals surface area contributed by atoms with Crippen LogP contribution in [0.15, 0.2) is 23.8 Å². The van der Waals surface area contributed by atoms with Crippen LogP contribution in [0.25, 0.3) is 0 Å². The van der Waals surface area contributed by atoms with Gasteiger partial charge in [-0.15, -0.1) is 5.60 Å². The zero-order valence-corrected chi connectivity index (χ0v) is 18.9. The topological polar surface area (TPSA) is 43.3 Å². The summed E-state index contributed by atoms with van der Waals surface area (Å²) in [4.78, 5) is 0. The van der Waals surface area contributed by atoms with Crippen molar-refractivity contribution < 1.29 is 61.6 Å².